The fourth-order valence-corrected chi connectivity index (χ4v) is 2.61. The average molecular weight is 413 g/mol. The molecule has 0 aliphatic rings. The van der Waals surface area contributed by atoms with Crippen molar-refractivity contribution in [3.8, 4) is 5.75 Å². The van der Waals surface area contributed by atoms with Gasteiger partial charge in [0.05, 0.1) is 18.7 Å². The number of methoxy groups -OCH3 is 1. The topological polar surface area (TPSA) is 38.3 Å². The van der Waals surface area contributed by atoms with Crippen LogP contribution in [0, 0.1) is 0 Å². The van der Waals surface area contributed by atoms with Gasteiger partial charge in [0.25, 0.3) is 5.91 Å². The number of rotatable bonds is 4. The third kappa shape index (κ3) is 4.08. The first-order valence-corrected chi connectivity index (χ1v) is 7.99. The second-order valence-electron chi connectivity index (χ2n) is 4.59. The Balaban J connectivity index is 2.15. The molecule has 0 aromatic heterocycles. The number of benzene rings is 2. The highest BCUT2D eigenvalue weighted by atomic mass is 79.9. The summed E-state index contributed by atoms with van der Waals surface area (Å²) in [5.41, 5.74) is 1.60. The Morgan fingerprint density at radius 3 is 2.43 bits per heavy atom. The van der Waals surface area contributed by atoms with Gasteiger partial charge in [0.2, 0.25) is 0 Å². The van der Waals surface area contributed by atoms with Crippen molar-refractivity contribution in [3.05, 3.63) is 62.5 Å². The maximum atomic E-state index is 12.4. The lowest BCUT2D eigenvalue weighted by Crippen LogP contribution is -2.26. The molecule has 1 amide bonds. The van der Waals surface area contributed by atoms with E-state index in [-0.39, 0.29) is 11.9 Å². The van der Waals surface area contributed by atoms with Gasteiger partial charge in [-0.15, -0.1) is 0 Å². The van der Waals surface area contributed by atoms with Crippen molar-refractivity contribution in [2.24, 2.45) is 0 Å². The van der Waals surface area contributed by atoms with Gasteiger partial charge >= 0.3 is 0 Å². The first-order valence-electron chi connectivity index (χ1n) is 6.41. The van der Waals surface area contributed by atoms with E-state index < -0.39 is 0 Å². The van der Waals surface area contributed by atoms with Crippen LogP contribution in [0.1, 0.15) is 28.9 Å². The van der Waals surface area contributed by atoms with Gasteiger partial charge in [0.15, 0.2) is 0 Å². The Hall–Kier alpha value is -1.33. The Bertz CT molecular complexity index is 641. The van der Waals surface area contributed by atoms with Crippen LogP contribution in [0.2, 0.25) is 0 Å². The summed E-state index contributed by atoms with van der Waals surface area (Å²) in [6.07, 6.45) is 0. The highest BCUT2D eigenvalue weighted by molar-refractivity contribution is 9.10. The van der Waals surface area contributed by atoms with Gasteiger partial charge in [-0.2, -0.15) is 0 Å². The molecule has 21 heavy (non-hydrogen) atoms. The van der Waals surface area contributed by atoms with E-state index >= 15 is 0 Å². The second kappa shape index (κ2) is 7.09. The van der Waals surface area contributed by atoms with Crippen LogP contribution < -0.4 is 10.1 Å². The SMILES string of the molecule is COc1ccc(Br)c(C(=O)N[C@H](C)c2ccc(Br)cc2)c1. The summed E-state index contributed by atoms with van der Waals surface area (Å²) in [4.78, 5) is 12.4. The minimum Gasteiger partial charge on any atom is -0.497 e. The molecule has 0 heterocycles. The summed E-state index contributed by atoms with van der Waals surface area (Å²) in [5.74, 6) is 0.510. The lowest BCUT2D eigenvalue weighted by molar-refractivity contribution is 0.0938. The van der Waals surface area contributed by atoms with Crippen LogP contribution in [-0.4, -0.2) is 13.0 Å². The Morgan fingerprint density at radius 1 is 1.14 bits per heavy atom. The predicted molar refractivity (Wildman–Crippen MR) is 90.7 cm³/mol. The molecule has 3 nitrogen and oxygen atoms in total. The van der Waals surface area contributed by atoms with Gasteiger partial charge < -0.3 is 10.1 Å². The molecule has 0 aliphatic carbocycles. The van der Waals surface area contributed by atoms with Crippen LogP contribution in [0.4, 0.5) is 0 Å². The molecular weight excluding hydrogens is 398 g/mol. The van der Waals surface area contributed by atoms with Gasteiger partial charge in [0.1, 0.15) is 5.75 Å². The molecule has 0 spiro atoms. The summed E-state index contributed by atoms with van der Waals surface area (Å²) in [6.45, 7) is 1.95. The van der Waals surface area contributed by atoms with E-state index in [9.17, 15) is 4.79 Å². The number of hydrogen-bond donors (Lipinski definition) is 1. The van der Waals surface area contributed by atoms with Crippen molar-refractivity contribution in [2.75, 3.05) is 7.11 Å². The zero-order chi connectivity index (χ0) is 15.4. The van der Waals surface area contributed by atoms with Crippen LogP contribution in [0.25, 0.3) is 0 Å². The van der Waals surface area contributed by atoms with Crippen LogP contribution >= 0.6 is 31.9 Å². The first kappa shape index (κ1) is 16.0. The molecule has 0 fully saturated rings. The zero-order valence-electron chi connectivity index (χ0n) is 11.7. The highest BCUT2D eigenvalue weighted by Gasteiger charge is 2.15. The number of halogens is 2. The summed E-state index contributed by atoms with van der Waals surface area (Å²) in [5, 5.41) is 2.98. The summed E-state index contributed by atoms with van der Waals surface area (Å²) < 4.78 is 6.91. The largest absolute Gasteiger partial charge is 0.497 e. The van der Waals surface area contributed by atoms with E-state index in [0.29, 0.717) is 11.3 Å². The van der Waals surface area contributed by atoms with Gasteiger partial charge in [-0.1, -0.05) is 28.1 Å². The number of nitrogens with one attached hydrogen (secondary N) is 1. The van der Waals surface area contributed by atoms with Crippen LogP contribution in [0.5, 0.6) is 5.75 Å². The van der Waals surface area contributed by atoms with Gasteiger partial charge in [-0.05, 0) is 58.7 Å². The third-order valence-corrected chi connectivity index (χ3v) is 4.36. The molecule has 0 saturated heterocycles. The molecule has 0 radical (unpaired) electrons. The normalized spacial score (nSPS) is 11.8. The molecule has 0 bridgehead atoms. The maximum Gasteiger partial charge on any atom is 0.253 e. The zero-order valence-corrected chi connectivity index (χ0v) is 14.9. The van der Waals surface area contributed by atoms with E-state index in [4.69, 9.17) is 4.74 Å². The van der Waals surface area contributed by atoms with Crippen molar-refractivity contribution in [3.63, 3.8) is 0 Å². The molecular formula is C16H15Br2NO2. The molecule has 0 saturated carbocycles. The number of carbonyl (C=O) groups excluding carboxylic acids is 1. The fraction of sp³-hybridized carbons (Fsp3) is 0.188. The van der Waals surface area contributed by atoms with E-state index in [1.54, 1.807) is 25.3 Å². The van der Waals surface area contributed by atoms with Gasteiger partial charge in [-0.25, -0.2) is 0 Å². The minimum absolute atomic E-state index is 0.0799. The molecule has 1 atom stereocenters. The molecule has 0 unspecified atom stereocenters. The molecule has 2 aromatic rings. The quantitative estimate of drug-likeness (QED) is 0.789. The lowest BCUT2D eigenvalue weighted by Gasteiger charge is -2.15. The van der Waals surface area contributed by atoms with Gasteiger partial charge in [-0.3, -0.25) is 4.79 Å². The number of amides is 1. The lowest BCUT2D eigenvalue weighted by atomic mass is 10.1. The van der Waals surface area contributed by atoms with Crippen molar-refractivity contribution in [1.82, 2.24) is 5.32 Å². The van der Waals surface area contributed by atoms with Crippen molar-refractivity contribution >= 4 is 37.8 Å². The van der Waals surface area contributed by atoms with Gasteiger partial charge in [0, 0.05) is 8.95 Å². The Morgan fingerprint density at radius 2 is 1.81 bits per heavy atom. The Kier molecular flexibility index (Phi) is 5.42. The smallest absolute Gasteiger partial charge is 0.253 e. The third-order valence-electron chi connectivity index (χ3n) is 3.14. The maximum absolute atomic E-state index is 12.4. The monoisotopic (exact) mass is 411 g/mol. The van der Waals surface area contributed by atoms with Crippen molar-refractivity contribution in [1.29, 1.82) is 0 Å². The Labute approximate surface area is 141 Å². The predicted octanol–water partition coefficient (Wildman–Crippen LogP) is 4.71. The number of ether oxygens (including phenoxy) is 1. The summed E-state index contributed by atoms with van der Waals surface area (Å²) >= 11 is 6.79. The molecule has 2 aromatic carbocycles. The number of hydrogen-bond acceptors (Lipinski definition) is 2. The fourth-order valence-electron chi connectivity index (χ4n) is 1.91. The molecule has 0 aliphatic heterocycles. The molecule has 1 N–H and O–H groups in total. The summed E-state index contributed by atoms with van der Waals surface area (Å²) in [6, 6.07) is 13.1. The molecule has 110 valence electrons. The first-order chi connectivity index (χ1) is 10.0. The van der Waals surface area contributed by atoms with Crippen LogP contribution in [0.3, 0.4) is 0 Å². The van der Waals surface area contributed by atoms with Crippen molar-refractivity contribution < 1.29 is 9.53 Å². The van der Waals surface area contributed by atoms with Crippen molar-refractivity contribution in [2.45, 2.75) is 13.0 Å². The number of carbonyl (C=O) groups is 1. The van der Waals surface area contributed by atoms with Crippen LogP contribution in [-0.2, 0) is 0 Å². The van der Waals surface area contributed by atoms with E-state index in [0.717, 1.165) is 14.5 Å². The standard InChI is InChI=1S/C16H15Br2NO2/c1-10(11-3-5-12(17)6-4-11)19-16(20)14-9-13(21-2)7-8-15(14)18/h3-10H,1-2H3,(H,19,20)/t10-/m1/s1. The highest BCUT2D eigenvalue weighted by Crippen LogP contribution is 2.23. The van der Waals surface area contributed by atoms with E-state index in [1.807, 2.05) is 31.2 Å². The van der Waals surface area contributed by atoms with E-state index in [2.05, 4.69) is 37.2 Å². The minimum atomic E-state index is -0.142. The molecule has 5 heteroatoms. The summed E-state index contributed by atoms with van der Waals surface area (Å²) in [7, 11) is 1.58. The van der Waals surface area contributed by atoms with E-state index in [1.165, 1.54) is 0 Å². The van der Waals surface area contributed by atoms with Crippen LogP contribution in [0.15, 0.2) is 51.4 Å². The molecule has 2 rings (SSSR count). The second-order valence-corrected chi connectivity index (χ2v) is 6.36. The average Bonchev–Trinajstić information content (AvgIpc) is 2.48.